The Balaban J connectivity index is 2.14. The normalized spacial score (nSPS) is 20.1. The van der Waals surface area contributed by atoms with E-state index in [-0.39, 0.29) is 10.3 Å². The maximum absolute atomic E-state index is 11.6. The molecule has 1 N–H and O–H groups in total. The second kappa shape index (κ2) is 9.53. The second-order valence-corrected chi connectivity index (χ2v) is 9.67. The van der Waals surface area contributed by atoms with Crippen molar-refractivity contribution in [2.45, 2.75) is 63.7 Å². The lowest BCUT2D eigenvalue weighted by Crippen LogP contribution is -2.26. The third kappa shape index (κ3) is 6.05. The molecule has 3 nitrogen and oxygen atoms in total. The Bertz CT molecular complexity index is 898. The summed E-state index contributed by atoms with van der Waals surface area (Å²) in [5, 5.41) is 0. The van der Waals surface area contributed by atoms with Crippen molar-refractivity contribution in [3.63, 3.8) is 0 Å². The summed E-state index contributed by atoms with van der Waals surface area (Å²) >= 11 is 0. The van der Waals surface area contributed by atoms with Gasteiger partial charge in [-0.2, -0.15) is 8.42 Å². The van der Waals surface area contributed by atoms with E-state index in [4.69, 9.17) is 0 Å². The summed E-state index contributed by atoms with van der Waals surface area (Å²) < 4.78 is 32.7. The number of hydrogen-bond acceptors (Lipinski definition) is 2. The average Bonchev–Trinajstić information content (AvgIpc) is 2.59. The molecule has 28 heavy (non-hydrogen) atoms. The first-order valence-electron chi connectivity index (χ1n) is 9.94. The van der Waals surface area contributed by atoms with Crippen molar-refractivity contribution in [2.24, 2.45) is 5.92 Å². The van der Waals surface area contributed by atoms with Gasteiger partial charge in [-0.25, -0.2) is 0 Å². The molecule has 1 aromatic carbocycles. The number of aryl methyl sites for hydroxylation is 1. The van der Waals surface area contributed by atoms with Gasteiger partial charge in [0.05, 0.1) is 4.90 Å². The molecule has 0 bridgehead atoms. The summed E-state index contributed by atoms with van der Waals surface area (Å²) in [6.07, 6.45) is 18.5. The van der Waals surface area contributed by atoms with Crippen LogP contribution in [0.1, 0.15) is 58.1 Å². The van der Waals surface area contributed by atoms with Crippen LogP contribution in [-0.4, -0.2) is 13.0 Å². The van der Waals surface area contributed by atoms with Crippen molar-refractivity contribution in [3.05, 3.63) is 77.4 Å². The van der Waals surface area contributed by atoms with Crippen LogP contribution in [0.5, 0.6) is 0 Å². The molecule has 0 atom stereocenters. The Labute approximate surface area is 170 Å². The van der Waals surface area contributed by atoms with Crippen molar-refractivity contribution in [2.75, 3.05) is 0 Å². The maximum Gasteiger partial charge on any atom is 0.294 e. The lowest BCUT2D eigenvalue weighted by atomic mass is 9.73. The molecule has 0 amide bonds. The fourth-order valence-electron chi connectivity index (χ4n) is 3.26. The standard InChI is InChI=1S/C24H32O3S/c1-19(2)24(3,4)23-18-22(28(25,26)27)17-16-21(23)15-11-10-14-20-12-8-6-5-7-9-13-20/h5-9,12-13,16-19H,10-11,14-15H2,1-4H3,(H,25,26,27)/b6-5-,7-5?,8-6?,9-7-,12-8-,13-9?,20-12?,20-13+. The quantitative estimate of drug-likeness (QED) is 0.418. The van der Waals surface area contributed by atoms with Crippen LogP contribution in [0.15, 0.2) is 71.2 Å². The topological polar surface area (TPSA) is 54.4 Å². The molecule has 152 valence electrons. The highest BCUT2D eigenvalue weighted by Crippen LogP contribution is 2.35. The molecule has 0 heterocycles. The average molecular weight is 401 g/mol. The van der Waals surface area contributed by atoms with Gasteiger partial charge < -0.3 is 0 Å². The number of benzene rings is 1. The Hall–Kier alpha value is -1.91. The molecular weight excluding hydrogens is 368 g/mol. The minimum Gasteiger partial charge on any atom is -0.282 e. The van der Waals surface area contributed by atoms with E-state index in [1.807, 2.05) is 24.3 Å². The molecule has 0 radical (unpaired) electrons. The molecule has 0 aliphatic heterocycles. The first-order chi connectivity index (χ1) is 13.1. The molecule has 0 spiro atoms. The van der Waals surface area contributed by atoms with Gasteiger partial charge in [-0.05, 0) is 65.8 Å². The highest BCUT2D eigenvalue weighted by molar-refractivity contribution is 7.85. The third-order valence-corrected chi connectivity index (χ3v) is 6.59. The van der Waals surface area contributed by atoms with Gasteiger partial charge in [0.1, 0.15) is 0 Å². The summed E-state index contributed by atoms with van der Waals surface area (Å²) in [6.45, 7) is 8.54. The second-order valence-electron chi connectivity index (χ2n) is 8.25. The van der Waals surface area contributed by atoms with Crippen LogP contribution in [0.25, 0.3) is 0 Å². The van der Waals surface area contributed by atoms with Gasteiger partial charge in [-0.3, -0.25) is 4.55 Å². The third-order valence-electron chi connectivity index (χ3n) is 5.74. The zero-order chi connectivity index (χ0) is 20.8. The molecule has 0 aromatic heterocycles. The predicted octanol–water partition coefficient (Wildman–Crippen LogP) is 6.19. The number of unbranched alkanes of at least 4 members (excludes halogenated alkanes) is 1. The fourth-order valence-corrected chi connectivity index (χ4v) is 3.77. The first-order valence-corrected chi connectivity index (χ1v) is 11.4. The molecule has 0 fully saturated rings. The number of rotatable bonds is 8. The Morgan fingerprint density at radius 1 is 0.964 bits per heavy atom. The van der Waals surface area contributed by atoms with Crippen LogP contribution in [0.3, 0.4) is 0 Å². The molecular formula is C24H32O3S. The minimum atomic E-state index is -4.20. The van der Waals surface area contributed by atoms with Crippen LogP contribution in [0.4, 0.5) is 0 Å². The van der Waals surface area contributed by atoms with E-state index in [9.17, 15) is 13.0 Å². The van der Waals surface area contributed by atoms with Crippen molar-refractivity contribution in [1.29, 1.82) is 0 Å². The summed E-state index contributed by atoms with van der Waals surface area (Å²) in [5.41, 5.74) is 3.30. The molecule has 0 saturated heterocycles. The summed E-state index contributed by atoms with van der Waals surface area (Å²) in [5.74, 6) is 0.341. The van der Waals surface area contributed by atoms with Crippen LogP contribution in [0, 0.1) is 5.92 Å². The Morgan fingerprint density at radius 2 is 1.61 bits per heavy atom. The molecule has 0 unspecified atom stereocenters. The number of allylic oxidation sites excluding steroid dienone is 8. The van der Waals surface area contributed by atoms with Crippen LogP contribution >= 0.6 is 0 Å². The monoisotopic (exact) mass is 400 g/mol. The lowest BCUT2D eigenvalue weighted by molar-refractivity contribution is 0.368. The van der Waals surface area contributed by atoms with Crippen molar-refractivity contribution in [1.82, 2.24) is 0 Å². The summed E-state index contributed by atoms with van der Waals surface area (Å²) in [7, 11) is -4.20. The van der Waals surface area contributed by atoms with E-state index in [2.05, 4.69) is 52.0 Å². The van der Waals surface area contributed by atoms with Gasteiger partial charge in [-0.15, -0.1) is 0 Å². The molecule has 4 heteroatoms. The van der Waals surface area contributed by atoms with Gasteiger partial charge in [0.25, 0.3) is 10.1 Å². The SMILES string of the molecule is CC(C)C(C)(C)c1cc(S(=O)(=O)O)ccc1CCCCC1=C/C=C\C=C/C=C\1. The van der Waals surface area contributed by atoms with E-state index in [1.54, 1.807) is 6.07 Å². The van der Waals surface area contributed by atoms with Crippen molar-refractivity contribution < 1.29 is 13.0 Å². The van der Waals surface area contributed by atoms with Gasteiger partial charge in [0.2, 0.25) is 0 Å². The van der Waals surface area contributed by atoms with E-state index < -0.39 is 10.1 Å². The smallest absolute Gasteiger partial charge is 0.282 e. The highest BCUT2D eigenvalue weighted by atomic mass is 32.2. The van der Waals surface area contributed by atoms with Gasteiger partial charge >= 0.3 is 0 Å². The van der Waals surface area contributed by atoms with Gasteiger partial charge in [0.15, 0.2) is 0 Å². The lowest BCUT2D eigenvalue weighted by Gasteiger charge is -2.32. The van der Waals surface area contributed by atoms with Crippen molar-refractivity contribution in [3.8, 4) is 0 Å². The zero-order valence-electron chi connectivity index (χ0n) is 17.4. The fraction of sp³-hybridized carbons (Fsp3) is 0.417. The molecule has 1 aliphatic carbocycles. The van der Waals surface area contributed by atoms with E-state index in [1.165, 1.54) is 11.6 Å². The Kier molecular flexibility index (Phi) is 7.62. The minimum absolute atomic E-state index is 0.0235. The van der Waals surface area contributed by atoms with Gasteiger partial charge in [0, 0.05) is 0 Å². The van der Waals surface area contributed by atoms with E-state index in [0.717, 1.165) is 36.8 Å². The van der Waals surface area contributed by atoms with Crippen molar-refractivity contribution >= 4 is 10.1 Å². The van der Waals surface area contributed by atoms with Crippen LogP contribution in [-0.2, 0) is 22.0 Å². The first kappa shape index (κ1) is 22.4. The predicted molar refractivity (Wildman–Crippen MR) is 117 cm³/mol. The number of hydrogen-bond donors (Lipinski definition) is 1. The summed E-state index contributed by atoms with van der Waals surface area (Å²) in [6, 6.07) is 5.04. The molecule has 1 aliphatic rings. The van der Waals surface area contributed by atoms with Crippen LogP contribution < -0.4 is 0 Å². The maximum atomic E-state index is 11.6. The largest absolute Gasteiger partial charge is 0.294 e. The Morgan fingerprint density at radius 3 is 2.29 bits per heavy atom. The highest BCUT2D eigenvalue weighted by Gasteiger charge is 2.28. The molecule has 2 rings (SSSR count). The van der Waals surface area contributed by atoms with E-state index >= 15 is 0 Å². The van der Waals surface area contributed by atoms with Crippen LogP contribution in [0.2, 0.25) is 0 Å². The summed E-state index contributed by atoms with van der Waals surface area (Å²) in [4.78, 5) is -0.0235. The molecule has 0 saturated carbocycles. The molecule has 1 aromatic rings. The zero-order valence-corrected chi connectivity index (χ0v) is 18.2. The van der Waals surface area contributed by atoms with Gasteiger partial charge in [-0.1, -0.05) is 76.3 Å². The van der Waals surface area contributed by atoms with E-state index in [0.29, 0.717) is 5.92 Å².